The summed E-state index contributed by atoms with van der Waals surface area (Å²) in [4.78, 5) is 4.92. The minimum atomic E-state index is -0.164. The number of hydrogen-bond donors (Lipinski definition) is 1. The molecule has 0 aromatic heterocycles. The van der Waals surface area contributed by atoms with E-state index in [1.807, 2.05) is 12.1 Å². The van der Waals surface area contributed by atoms with Crippen molar-refractivity contribution < 1.29 is 4.39 Å². The molecule has 0 aliphatic carbocycles. The maximum Gasteiger partial charge on any atom is 0.123 e. The minimum Gasteiger partial charge on any atom is -0.369 e. The Kier molecular flexibility index (Phi) is 6.00. The van der Waals surface area contributed by atoms with Crippen molar-refractivity contribution in [3.05, 3.63) is 30.1 Å². The van der Waals surface area contributed by atoms with E-state index in [2.05, 4.69) is 35.9 Å². The van der Waals surface area contributed by atoms with Crippen molar-refractivity contribution >= 4 is 5.69 Å². The number of hydrogen-bond acceptors (Lipinski definition) is 3. The molecule has 0 bridgehead atoms. The summed E-state index contributed by atoms with van der Waals surface area (Å²) in [6, 6.07) is 7.44. The van der Waals surface area contributed by atoms with E-state index in [0.29, 0.717) is 12.0 Å². The van der Waals surface area contributed by atoms with Crippen LogP contribution in [0.5, 0.6) is 0 Å². The third kappa shape index (κ3) is 4.42. The van der Waals surface area contributed by atoms with E-state index in [9.17, 15) is 4.39 Å². The lowest BCUT2D eigenvalue weighted by Gasteiger charge is -2.41. The number of rotatable bonds is 6. The Hall–Kier alpha value is -1.13. The third-order valence-corrected chi connectivity index (χ3v) is 4.62. The van der Waals surface area contributed by atoms with Crippen LogP contribution in [0.1, 0.15) is 20.8 Å². The van der Waals surface area contributed by atoms with Gasteiger partial charge in [0, 0.05) is 37.9 Å². The first-order valence-electron chi connectivity index (χ1n) is 8.07. The van der Waals surface area contributed by atoms with Crippen molar-refractivity contribution in [1.29, 1.82) is 0 Å². The number of halogens is 1. The first-order valence-corrected chi connectivity index (χ1v) is 8.07. The summed E-state index contributed by atoms with van der Waals surface area (Å²) in [6.07, 6.45) is 0. The largest absolute Gasteiger partial charge is 0.369 e. The molecule has 2 atom stereocenters. The van der Waals surface area contributed by atoms with Crippen molar-refractivity contribution in [2.24, 2.45) is 5.92 Å². The molecule has 1 aliphatic rings. The molecule has 1 saturated heterocycles. The minimum absolute atomic E-state index is 0.164. The molecule has 21 heavy (non-hydrogen) atoms. The first-order chi connectivity index (χ1) is 10.1. The molecule has 1 aromatic carbocycles. The smallest absolute Gasteiger partial charge is 0.123 e. The molecule has 0 radical (unpaired) electrons. The third-order valence-electron chi connectivity index (χ3n) is 4.62. The molecule has 1 N–H and O–H groups in total. The SMILES string of the molecule is CCNCC(C)C(C)N1CCN(c2ccc(F)cc2)CC1. The van der Waals surface area contributed by atoms with Crippen LogP contribution in [0, 0.1) is 11.7 Å². The van der Waals surface area contributed by atoms with Crippen LogP contribution >= 0.6 is 0 Å². The standard InChI is InChI=1S/C17H28FN3/c1-4-19-13-14(2)15(3)20-9-11-21(12-10-20)17-7-5-16(18)6-8-17/h5-8,14-15,19H,4,9-13H2,1-3H3. The molecule has 2 rings (SSSR count). The highest BCUT2D eigenvalue weighted by Crippen LogP contribution is 2.19. The highest BCUT2D eigenvalue weighted by Gasteiger charge is 2.24. The summed E-state index contributed by atoms with van der Waals surface area (Å²) in [5.74, 6) is 0.491. The summed E-state index contributed by atoms with van der Waals surface area (Å²) in [5, 5.41) is 3.44. The van der Waals surface area contributed by atoms with Crippen LogP contribution in [-0.2, 0) is 0 Å². The van der Waals surface area contributed by atoms with Gasteiger partial charge in [0.25, 0.3) is 0 Å². The average molecular weight is 293 g/mol. The van der Waals surface area contributed by atoms with E-state index in [1.54, 1.807) is 12.1 Å². The summed E-state index contributed by atoms with van der Waals surface area (Å²) in [5.41, 5.74) is 1.13. The molecular formula is C17H28FN3. The first kappa shape index (κ1) is 16.2. The van der Waals surface area contributed by atoms with Crippen molar-refractivity contribution in [2.45, 2.75) is 26.8 Å². The van der Waals surface area contributed by atoms with E-state index < -0.39 is 0 Å². The topological polar surface area (TPSA) is 18.5 Å². The van der Waals surface area contributed by atoms with Crippen LogP contribution in [0.3, 0.4) is 0 Å². The van der Waals surface area contributed by atoms with Crippen LogP contribution in [-0.4, -0.2) is 50.2 Å². The maximum atomic E-state index is 13.0. The molecule has 118 valence electrons. The van der Waals surface area contributed by atoms with Gasteiger partial charge >= 0.3 is 0 Å². The Morgan fingerprint density at radius 1 is 1.10 bits per heavy atom. The van der Waals surface area contributed by atoms with E-state index >= 15 is 0 Å². The van der Waals surface area contributed by atoms with Crippen molar-refractivity contribution in [2.75, 3.05) is 44.2 Å². The highest BCUT2D eigenvalue weighted by atomic mass is 19.1. The van der Waals surface area contributed by atoms with Gasteiger partial charge in [-0.05, 0) is 50.2 Å². The van der Waals surface area contributed by atoms with Crippen LogP contribution in [0.2, 0.25) is 0 Å². The second-order valence-electron chi connectivity index (χ2n) is 6.02. The van der Waals surface area contributed by atoms with Gasteiger partial charge < -0.3 is 10.2 Å². The number of anilines is 1. The number of benzene rings is 1. The fraction of sp³-hybridized carbons (Fsp3) is 0.647. The summed E-state index contributed by atoms with van der Waals surface area (Å²) >= 11 is 0. The Morgan fingerprint density at radius 3 is 2.29 bits per heavy atom. The predicted octanol–water partition coefficient (Wildman–Crippen LogP) is 2.58. The number of nitrogens with zero attached hydrogens (tertiary/aromatic N) is 2. The van der Waals surface area contributed by atoms with Gasteiger partial charge in [0.05, 0.1) is 0 Å². The highest BCUT2D eigenvalue weighted by molar-refractivity contribution is 5.46. The average Bonchev–Trinajstić information content (AvgIpc) is 2.53. The zero-order valence-corrected chi connectivity index (χ0v) is 13.5. The van der Waals surface area contributed by atoms with Gasteiger partial charge in [0.1, 0.15) is 5.82 Å². The molecule has 0 spiro atoms. The van der Waals surface area contributed by atoms with Gasteiger partial charge in [-0.2, -0.15) is 0 Å². The molecule has 2 unspecified atom stereocenters. The summed E-state index contributed by atoms with van der Waals surface area (Å²) < 4.78 is 13.0. The molecular weight excluding hydrogens is 265 g/mol. The molecule has 1 aliphatic heterocycles. The molecule has 3 nitrogen and oxygen atoms in total. The molecule has 4 heteroatoms. The van der Waals surface area contributed by atoms with E-state index in [0.717, 1.165) is 45.0 Å². The summed E-state index contributed by atoms with van der Waals surface area (Å²) in [6.45, 7) is 13.1. The maximum absolute atomic E-state index is 13.0. The summed E-state index contributed by atoms with van der Waals surface area (Å²) in [7, 11) is 0. The van der Waals surface area contributed by atoms with E-state index in [1.165, 1.54) is 0 Å². The predicted molar refractivity (Wildman–Crippen MR) is 87.4 cm³/mol. The fourth-order valence-electron chi connectivity index (χ4n) is 2.94. The Labute approximate surface area is 128 Å². The van der Waals surface area contributed by atoms with Crippen LogP contribution in [0.25, 0.3) is 0 Å². The zero-order valence-electron chi connectivity index (χ0n) is 13.5. The monoisotopic (exact) mass is 293 g/mol. The zero-order chi connectivity index (χ0) is 15.2. The second kappa shape index (κ2) is 7.76. The lowest BCUT2D eigenvalue weighted by Crippen LogP contribution is -2.52. The van der Waals surface area contributed by atoms with Crippen LogP contribution in [0.4, 0.5) is 10.1 Å². The molecule has 0 saturated carbocycles. The molecule has 1 fully saturated rings. The van der Waals surface area contributed by atoms with Crippen molar-refractivity contribution in [3.8, 4) is 0 Å². The second-order valence-corrected chi connectivity index (χ2v) is 6.02. The van der Waals surface area contributed by atoms with Gasteiger partial charge in [-0.15, -0.1) is 0 Å². The Balaban J connectivity index is 1.83. The molecule has 0 amide bonds. The van der Waals surface area contributed by atoms with Crippen LogP contribution < -0.4 is 10.2 Å². The van der Waals surface area contributed by atoms with Gasteiger partial charge in [-0.3, -0.25) is 4.90 Å². The van der Waals surface area contributed by atoms with Gasteiger partial charge in [0.2, 0.25) is 0 Å². The lowest BCUT2D eigenvalue weighted by molar-refractivity contribution is 0.151. The van der Waals surface area contributed by atoms with Crippen molar-refractivity contribution in [1.82, 2.24) is 10.2 Å². The molecule has 1 aromatic rings. The number of piperazine rings is 1. The van der Waals surface area contributed by atoms with Crippen LogP contribution in [0.15, 0.2) is 24.3 Å². The lowest BCUT2D eigenvalue weighted by atomic mass is 10.0. The van der Waals surface area contributed by atoms with Crippen molar-refractivity contribution in [3.63, 3.8) is 0 Å². The normalized spacial score (nSPS) is 19.5. The van der Waals surface area contributed by atoms with E-state index in [-0.39, 0.29) is 5.82 Å². The van der Waals surface area contributed by atoms with E-state index in [4.69, 9.17) is 0 Å². The van der Waals surface area contributed by atoms with Gasteiger partial charge in [0.15, 0.2) is 0 Å². The van der Waals surface area contributed by atoms with Gasteiger partial charge in [-0.1, -0.05) is 13.8 Å². The molecule has 1 heterocycles. The Bertz CT molecular complexity index is 413. The Morgan fingerprint density at radius 2 is 1.71 bits per heavy atom. The number of nitrogens with one attached hydrogen (secondary N) is 1. The quantitative estimate of drug-likeness (QED) is 0.870. The fourth-order valence-corrected chi connectivity index (χ4v) is 2.94. The van der Waals surface area contributed by atoms with Gasteiger partial charge in [-0.25, -0.2) is 4.39 Å².